The molecule has 0 aliphatic rings. The Balaban J connectivity index is 2.27. The lowest BCUT2D eigenvalue weighted by molar-refractivity contribution is -0.121. The van der Waals surface area contributed by atoms with Gasteiger partial charge in [-0.3, -0.25) is 4.79 Å². The zero-order valence-electron chi connectivity index (χ0n) is 10.5. The number of aromatic nitrogens is 1. The third-order valence-electron chi connectivity index (χ3n) is 2.49. The summed E-state index contributed by atoms with van der Waals surface area (Å²) in [4.78, 5) is 15.6. The maximum absolute atomic E-state index is 11.5. The Hall–Kier alpha value is -1.36. The molecule has 0 fully saturated rings. The highest BCUT2D eigenvalue weighted by molar-refractivity contribution is 5.76. The van der Waals surface area contributed by atoms with Crippen molar-refractivity contribution in [3.63, 3.8) is 0 Å². The van der Waals surface area contributed by atoms with E-state index in [1.54, 1.807) is 6.20 Å². The Kier molecular flexibility index (Phi) is 5.69. The summed E-state index contributed by atoms with van der Waals surface area (Å²) in [6.45, 7) is 4.38. The van der Waals surface area contributed by atoms with Crippen LogP contribution in [0.2, 0.25) is 0 Å². The van der Waals surface area contributed by atoms with E-state index < -0.39 is 0 Å². The van der Waals surface area contributed by atoms with Crippen LogP contribution in [0.4, 0.5) is 0 Å². The van der Waals surface area contributed by atoms with Gasteiger partial charge < -0.3 is 15.5 Å². The fraction of sp³-hybridized carbons (Fsp3) is 0.667. The fourth-order valence-electron chi connectivity index (χ4n) is 1.55. The van der Waals surface area contributed by atoms with Crippen LogP contribution < -0.4 is 11.1 Å². The smallest absolute Gasteiger partial charge is 0.221 e. The average molecular weight is 239 g/mol. The van der Waals surface area contributed by atoms with E-state index in [-0.39, 0.29) is 11.9 Å². The van der Waals surface area contributed by atoms with Gasteiger partial charge in [0, 0.05) is 18.9 Å². The number of amides is 1. The average Bonchev–Trinajstić information content (AvgIpc) is 2.74. The van der Waals surface area contributed by atoms with E-state index >= 15 is 0 Å². The predicted molar refractivity (Wildman–Crippen MR) is 65.2 cm³/mol. The number of nitrogens with one attached hydrogen (secondary N) is 1. The number of carbonyl (C=O) groups excluding carboxylic acids is 1. The molecule has 0 radical (unpaired) electrons. The third kappa shape index (κ3) is 4.99. The number of aryl methyl sites for hydroxylation is 1. The van der Waals surface area contributed by atoms with Crippen molar-refractivity contribution in [3.05, 3.63) is 17.8 Å². The van der Waals surface area contributed by atoms with E-state index in [1.807, 2.05) is 6.92 Å². The quantitative estimate of drug-likeness (QED) is 0.753. The van der Waals surface area contributed by atoms with Crippen LogP contribution >= 0.6 is 0 Å². The zero-order valence-corrected chi connectivity index (χ0v) is 10.5. The molecule has 17 heavy (non-hydrogen) atoms. The Morgan fingerprint density at radius 3 is 2.94 bits per heavy atom. The summed E-state index contributed by atoms with van der Waals surface area (Å²) in [5, 5.41) is 2.75. The van der Waals surface area contributed by atoms with E-state index in [2.05, 4.69) is 17.2 Å². The maximum atomic E-state index is 11.5. The first-order chi connectivity index (χ1) is 8.15. The van der Waals surface area contributed by atoms with Crippen molar-refractivity contribution in [3.8, 4) is 0 Å². The largest absolute Gasteiger partial charge is 0.444 e. The zero-order chi connectivity index (χ0) is 12.7. The first-order valence-electron chi connectivity index (χ1n) is 6.11. The highest BCUT2D eigenvalue weighted by atomic mass is 16.4. The Bertz CT molecular complexity index is 349. The van der Waals surface area contributed by atoms with Crippen molar-refractivity contribution in [2.45, 2.75) is 52.1 Å². The minimum Gasteiger partial charge on any atom is -0.444 e. The molecule has 0 saturated heterocycles. The molecule has 0 bridgehead atoms. The van der Waals surface area contributed by atoms with Crippen molar-refractivity contribution >= 4 is 5.91 Å². The first-order valence-corrected chi connectivity index (χ1v) is 6.11. The molecule has 1 heterocycles. The van der Waals surface area contributed by atoms with Crippen molar-refractivity contribution in [1.82, 2.24) is 10.3 Å². The minimum absolute atomic E-state index is 0.0535. The molecule has 3 N–H and O–H groups in total. The number of rotatable bonds is 7. The molecule has 1 unspecified atom stereocenters. The van der Waals surface area contributed by atoms with Crippen LogP contribution in [-0.2, 0) is 17.8 Å². The van der Waals surface area contributed by atoms with Gasteiger partial charge in [-0.05, 0) is 6.42 Å². The molecule has 0 aromatic carbocycles. The lowest BCUT2D eigenvalue weighted by Crippen LogP contribution is -2.31. The lowest BCUT2D eigenvalue weighted by Gasteiger charge is -2.09. The van der Waals surface area contributed by atoms with E-state index in [0.29, 0.717) is 18.9 Å². The second-order valence-corrected chi connectivity index (χ2v) is 4.10. The van der Waals surface area contributed by atoms with E-state index in [4.69, 9.17) is 10.2 Å². The highest BCUT2D eigenvalue weighted by Gasteiger charge is 2.09. The minimum atomic E-state index is -0.0595. The number of hydrogen-bond acceptors (Lipinski definition) is 4. The summed E-state index contributed by atoms with van der Waals surface area (Å²) < 4.78 is 5.38. The van der Waals surface area contributed by atoms with Crippen LogP contribution in [0, 0.1) is 0 Å². The second kappa shape index (κ2) is 7.06. The number of nitrogens with zero attached hydrogens (tertiary/aromatic N) is 1. The number of carbonyl (C=O) groups is 1. The van der Waals surface area contributed by atoms with Gasteiger partial charge in [0.1, 0.15) is 5.76 Å². The van der Waals surface area contributed by atoms with Gasteiger partial charge in [-0.15, -0.1) is 0 Å². The Labute approximate surface area is 102 Å². The topological polar surface area (TPSA) is 81.2 Å². The summed E-state index contributed by atoms with van der Waals surface area (Å²) in [5.74, 6) is 1.32. The normalized spacial score (nSPS) is 12.4. The molecule has 1 atom stereocenters. The monoisotopic (exact) mass is 239 g/mol. The number of nitrogens with two attached hydrogens (primary N) is 1. The van der Waals surface area contributed by atoms with Gasteiger partial charge in [-0.2, -0.15) is 0 Å². The van der Waals surface area contributed by atoms with Crippen LogP contribution in [0.25, 0.3) is 0 Å². The second-order valence-electron chi connectivity index (χ2n) is 4.10. The van der Waals surface area contributed by atoms with Crippen molar-refractivity contribution in [2.75, 3.05) is 0 Å². The summed E-state index contributed by atoms with van der Waals surface area (Å²) >= 11 is 0. The Morgan fingerprint density at radius 2 is 2.35 bits per heavy atom. The maximum Gasteiger partial charge on any atom is 0.221 e. The highest BCUT2D eigenvalue weighted by Crippen LogP contribution is 2.04. The molecule has 5 nitrogen and oxygen atoms in total. The molecule has 0 aliphatic heterocycles. The van der Waals surface area contributed by atoms with Crippen LogP contribution in [0.1, 0.15) is 44.8 Å². The van der Waals surface area contributed by atoms with Crippen molar-refractivity contribution < 1.29 is 9.21 Å². The van der Waals surface area contributed by atoms with Gasteiger partial charge in [0.15, 0.2) is 0 Å². The van der Waals surface area contributed by atoms with Crippen LogP contribution in [0.3, 0.4) is 0 Å². The van der Waals surface area contributed by atoms with Crippen molar-refractivity contribution in [1.29, 1.82) is 0 Å². The molecule has 1 aromatic rings. The van der Waals surface area contributed by atoms with Gasteiger partial charge in [-0.25, -0.2) is 4.98 Å². The standard InChI is InChI=1S/C12H21N3O2/c1-3-5-9(13)6-11(16)14-8-12-15-7-10(4-2)17-12/h7,9H,3-6,8,13H2,1-2H3,(H,14,16). The Morgan fingerprint density at radius 1 is 1.59 bits per heavy atom. The summed E-state index contributed by atoms with van der Waals surface area (Å²) in [6, 6.07) is -0.0595. The van der Waals surface area contributed by atoms with Gasteiger partial charge in [-0.1, -0.05) is 20.3 Å². The number of hydrogen-bond donors (Lipinski definition) is 2. The van der Waals surface area contributed by atoms with Crippen LogP contribution in [0.5, 0.6) is 0 Å². The molecule has 5 heteroatoms. The van der Waals surface area contributed by atoms with Crippen molar-refractivity contribution in [2.24, 2.45) is 5.73 Å². The van der Waals surface area contributed by atoms with Crippen LogP contribution in [-0.4, -0.2) is 16.9 Å². The molecular weight excluding hydrogens is 218 g/mol. The number of oxazole rings is 1. The van der Waals surface area contributed by atoms with Gasteiger partial charge in [0.2, 0.25) is 11.8 Å². The lowest BCUT2D eigenvalue weighted by atomic mass is 10.1. The molecular formula is C12H21N3O2. The third-order valence-corrected chi connectivity index (χ3v) is 2.49. The molecule has 0 spiro atoms. The SMILES string of the molecule is CCCC(N)CC(=O)NCc1ncc(CC)o1. The van der Waals surface area contributed by atoms with E-state index in [0.717, 1.165) is 25.0 Å². The molecule has 96 valence electrons. The molecule has 0 saturated carbocycles. The van der Waals surface area contributed by atoms with Gasteiger partial charge >= 0.3 is 0 Å². The summed E-state index contributed by atoms with van der Waals surface area (Å²) in [6.07, 6.45) is 4.71. The van der Waals surface area contributed by atoms with Gasteiger partial charge in [0.25, 0.3) is 0 Å². The molecule has 1 aromatic heterocycles. The summed E-state index contributed by atoms with van der Waals surface area (Å²) in [5.41, 5.74) is 5.78. The molecule has 1 amide bonds. The fourth-order valence-corrected chi connectivity index (χ4v) is 1.55. The first kappa shape index (κ1) is 13.7. The van der Waals surface area contributed by atoms with Gasteiger partial charge in [0.05, 0.1) is 12.7 Å². The van der Waals surface area contributed by atoms with Crippen LogP contribution in [0.15, 0.2) is 10.6 Å². The molecule has 0 aliphatic carbocycles. The van der Waals surface area contributed by atoms with E-state index in [1.165, 1.54) is 0 Å². The van der Waals surface area contributed by atoms with E-state index in [9.17, 15) is 4.79 Å². The summed E-state index contributed by atoms with van der Waals surface area (Å²) in [7, 11) is 0. The molecule has 1 rings (SSSR count). The predicted octanol–water partition coefficient (Wildman–Crippen LogP) is 1.37.